The van der Waals surface area contributed by atoms with Crippen LogP contribution in [0.2, 0.25) is 0 Å². The van der Waals surface area contributed by atoms with E-state index in [4.69, 9.17) is 10.5 Å². The van der Waals surface area contributed by atoms with Crippen LogP contribution in [0.3, 0.4) is 0 Å². The SMILES string of the molecule is CC(C)c1cccc2c1CC1(CC2)COC(N)=N1.Cc1ccccc1. The molecule has 4 rings (SSSR count). The molecule has 132 valence electrons. The molecule has 2 aromatic rings. The Morgan fingerprint density at radius 3 is 2.40 bits per heavy atom. The second-order valence-corrected chi connectivity index (χ2v) is 7.43. The van der Waals surface area contributed by atoms with Crippen molar-refractivity contribution in [2.75, 3.05) is 6.61 Å². The van der Waals surface area contributed by atoms with Crippen molar-refractivity contribution in [1.82, 2.24) is 0 Å². The number of nitrogens with zero attached hydrogens (tertiary/aromatic N) is 1. The molecule has 0 amide bonds. The van der Waals surface area contributed by atoms with E-state index in [1.165, 1.54) is 22.3 Å². The van der Waals surface area contributed by atoms with Gasteiger partial charge in [0.1, 0.15) is 12.1 Å². The first-order chi connectivity index (χ1) is 12.0. The van der Waals surface area contributed by atoms with E-state index < -0.39 is 0 Å². The van der Waals surface area contributed by atoms with E-state index in [2.05, 4.69) is 56.1 Å². The van der Waals surface area contributed by atoms with Crippen molar-refractivity contribution in [1.29, 1.82) is 0 Å². The molecule has 0 saturated carbocycles. The Morgan fingerprint density at radius 1 is 1.08 bits per heavy atom. The Labute approximate surface area is 150 Å². The lowest BCUT2D eigenvalue weighted by atomic mass is 9.76. The standard InChI is InChI=1S/C15H20N2O.C7H8/c1-10(2)12-5-3-4-11-6-7-15(8-13(11)12)9-18-14(16)17-15;1-7-5-3-2-4-6-7/h3-5,10H,6-9H2,1-2H3,(H2,16,17);2-6H,1H3. The molecule has 2 aliphatic rings. The topological polar surface area (TPSA) is 47.6 Å². The number of amidine groups is 1. The average molecular weight is 336 g/mol. The molecule has 1 unspecified atom stereocenters. The fraction of sp³-hybridized carbons (Fsp3) is 0.409. The van der Waals surface area contributed by atoms with E-state index in [0.717, 1.165) is 19.3 Å². The summed E-state index contributed by atoms with van der Waals surface area (Å²) in [6.07, 6.45) is 3.09. The van der Waals surface area contributed by atoms with Gasteiger partial charge in [0.05, 0.1) is 0 Å². The van der Waals surface area contributed by atoms with Gasteiger partial charge in [-0.2, -0.15) is 0 Å². The second kappa shape index (κ2) is 7.30. The van der Waals surface area contributed by atoms with Gasteiger partial charge in [0, 0.05) is 6.42 Å². The molecule has 25 heavy (non-hydrogen) atoms. The third-order valence-electron chi connectivity index (χ3n) is 5.07. The summed E-state index contributed by atoms with van der Waals surface area (Å²) in [4.78, 5) is 4.55. The lowest BCUT2D eigenvalue weighted by Gasteiger charge is -2.32. The zero-order valence-electron chi connectivity index (χ0n) is 15.5. The molecule has 1 atom stereocenters. The summed E-state index contributed by atoms with van der Waals surface area (Å²) in [5.41, 5.74) is 11.3. The molecule has 1 aliphatic carbocycles. The van der Waals surface area contributed by atoms with Crippen LogP contribution in [0.5, 0.6) is 0 Å². The molecular weight excluding hydrogens is 308 g/mol. The zero-order chi connectivity index (χ0) is 17.9. The first kappa shape index (κ1) is 17.5. The van der Waals surface area contributed by atoms with Gasteiger partial charge in [-0.25, -0.2) is 4.99 Å². The molecular formula is C22H28N2O. The highest BCUT2D eigenvalue weighted by Gasteiger charge is 2.40. The van der Waals surface area contributed by atoms with E-state index in [0.29, 0.717) is 18.5 Å². The smallest absolute Gasteiger partial charge is 0.282 e. The summed E-state index contributed by atoms with van der Waals surface area (Å²) in [5.74, 6) is 0.554. The predicted octanol–water partition coefficient (Wildman–Crippen LogP) is 4.38. The highest BCUT2D eigenvalue weighted by Crippen LogP contribution is 2.37. The quantitative estimate of drug-likeness (QED) is 0.840. The van der Waals surface area contributed by atoms with Crippen LogP contribution in [-0.2, 0) is 17.6 Å². The van der Waals surface area contributed by atoms with Crippen molar-refractivity contribution >= 4 is 6.02 Å². The molecule has 0 saturated heterocycles. The number of nitrogens with two attached hydrogens (primary N) is 1. The van der Waals surface area contributed by atoms with Crippen LogP contribution in [0.1, 0.15) is 48.4 Å². The minimum absolute atomic E-state index is 0.0952. The van der Waals surface area contributed by atoms with E-state index in [-0.39, 0.29) is 5.54 Å². The highest BCUT2D eigenvalue weighted by atomic mass is 16.5. The number of aliphatic imine (C=N–C) groups is 1. The minimum atomic E-state index is -0.0952. The lowest BCUT2D eigenvalue weighted by molar-refractivity contribution is 0.234. The van der Waals surface area contributed by atoms with Gasteiger partial charge < -0.3 is 10.5 Å². The van der Waals surface area contributed by atoms with Gasteiger partial charge in [-0.3, -0.25) is 0 Å². The highest BCUT2D eigenvalue weighted by molar-refractivity contribution is 5.74. The Morgan fingerprint density at radius 2 is 1.84 bits per heavy atom. The molecule has 0 fully saturated rings. The van der Waals surface area contributed by atoms with Crippen molar-refractivity contribution in [3.05, 3.63) is 70.8 Å². The third kappa shape index (κ3) is 4.04. The van der Waals surface area contributed by atoms with Crippen LogP contribution in [-0.4, -0.2) is 18.2 Å². The largest absolute Gasteiger partial charge is 0.463 e. The molecule has 1 aliphatic heterocycles. The fourth-order valence-electron chi connectivity index (χ4n) is 3.69. The molecule has 2 N–H and O–H groups in total. The maximum Gasteiger partial charge on any atom is 0.282 e. The Kier molecular flexibility index (Phi) is 5.12. The third-order valence-corrected chi connectivity index (χ3v) is 5.07. The zero-order valence-corrected chi connectivity index (χ0v) is 15.5. The summed E-state index contributed by atoms with van der Waals surface area (Å²) in [7, 11) is 0. The minimum Gasteiger partial charge on any atom is -0.463 e. The normalized spacial score (nSPS) is 21.2. The summed E-state index contributed by atoms with van der Waals surface area (Å²) < 4.78 is 5.39. The van der Waals surface area contributed by atoms with Gasteiger partial charge in [-0.1, -0.05) is 67.9 Å². The van der Waals surface area contributed by atoms with Crippen LogP contribution in [0, 0.1) is 6.92 Å². The van der Waals surface area contributed by atoms with Crippen LogP contribution in [0.25, 0.3) is 0 Å². The number of benzene rings is 2. The molecule has 3 nitrogen and oxygen atoms in total. The summed E-state index contributed by atoms with van der Waals surface area (Å²) >= 11 is 0. The predicted molar refractivity (Wildman–Crippen MR) is 104 cm³/mol. The Balaban J connectivity index is 0.000000219. The van der Waals surface area contributed by atoms with Crippen molar-refractivity contribution in [2.45, 2.75) is 51.5 Å². The van der Waals surface area contributed by atoms with E-state index in [1.807, 2.05) is 18.2 Å². The summed E-state index contributed by atoms with van der Waals surface area (Å²) in [6, 6.07) is 17.3. The van der Waals surface area contributed by atoms with Gasteiger partial charge >= 0.3 is 0 Å². The van der Waals surface area contributed by atoms with Crippen molar-refractivity contribution in [2.24, 2.45) is 10.7 Å². The molecule has 0 bridgehead atoms. The summed E-state index contributed by atoms with van der Waals surface area (Å²) in [6.45, 7) is 7.23. The second-order valence-electron chi connectivity index (χ2n) is 7.43. The number of hydrogen-bond acceptors (Lipinski definition) is 3. The van der Waals surface area contributed by atoms with Crippen LogP contribution >= 0.6 is 0 Å². The number of ether oxygens (including phenoxy) is 1. The molecule has 2 aromatic carbocycles. The number of hydrogen-bond donors (Lipinski definition) is 1. The molecule has 0 aromatic heterocycles. The first-order valence-electron chi connectivity index (χ1n) is 9.09. The van der Waals surface area contributed by atoms with Gasteiger partial charge in [-0.05, 0) is 42.4 Å². The van der Waals surface area contributed by atoms with E-state index in [1.54, 1.807) is 0 Å². The van der Waals surface area contributed by atoms with Crippen molar-refractivity contribution in [3.8, 4) is 0 Å². The Hall–Kier alpha value is -2.29. The first-order valence-corrected chi connectivity index (χ1v) is 9.09. The lowest BCUT2D eigenvalue weighted by Crippen LogP contribution is -2.36. The molecule has 1 heterocycles. The Bertz CT molecular complexity index is 752. The molecule has 1 spiro atoms. The fourth-order valence-corrected chi connectivity index (χ4v) is 3.69. The number of rotatable bonds is 1. The van der Waals surface area contributed by atoms with Crippen molar-refractivity contribution in [3.63, 3.8) is 0 Å². The van der Waals surface area contributed by atoms with Crippen molar-refractivity contribution < 1.29 is 4.74 Å². The summed E-state index contributed by atoms with van der Waals surface area (Å²) in [5, 5.41) is 0. The average Bonchev–Trinajstić information content (AvgIpc) is 2.95. The van der Waals surface area contributed by atoms with Crippen LogP contribution in [0.4, 0.5) is 0 Å². The van der Waals surface area contributed by atoms with Gasteiger partial charge in [-0.15, -0.1) is 0 Å². The molecule has 0 radical (unpaired) electrons. The van der Waals surface area contributed by atoms with Crippen LogP contribution in [0.15, 0.2) is 53.5 Å². The van der Waals surface area contributed by atoms with Gasteiger partial charge in [0.2, 0.25) is 0 Å². The van der Waals surface area contributed by atoms with Gasteiger partial charge in [0.25, 0.3) is 6.02 Å². The maximum atomic E-state index is 5.69. The molecule has 3 heteroatoms. The maximum absolute atomic E-state index is 5.69. The number of fused-ring (bicyclic) bond motifs is 1. The number of aryl methyl sites for hydroxylation is 2. The van der Waals surface area contributed by atoms with E-state index >= 15 is 0 Å². The van der Waals surface area contributed by atoms with Crippen LogP contribution < -0.4 is 5.73 Å². The van der Waals surface area contributed by atoms with Gasteiger partial charge in [0.15, 0.2) is 0 Å². The van der Waals surface area contributed by atoms with E-state index in [9.17, 15) is 0 Å². The monoisotopic (exact) mass is 336 g/mol.